The molecule has 132 valence electrons. The molecule has 0 aliphatic carbocycles. The van der Waals surface area contributed by atoms with Crippen molar-refractivity contribution in [2.45, 2.75) is 11.4 Å². The minimum atomic E-state index is -3.80. The van der Waals surface area contributed by atoms with E-state index in [0.717, 1.165) is 4.31 Å². The third kappa shape index (κ3) is 3.28. The van der Waals surface area contributed by atoms with Gasteiger partial charge < -0.3 is 14.7 Å². The lowest BCUT2D eigenvalue weighted by Crippen LogP contribution is -2.26. The van der Waals surface area contributed by atoms with Crippen molar-refractivity contribution >= 4 is 21.1 Å². The van der Waals surface area contributed by atoms with Gasteiger partial charge in [-0.15, -0.1) is 0 Å². The largest absolute Gasteiger partial charge is 0.494 e. The third-order valence-corrected chi connectivity index (χ3v) is 5.62. The molecule has 7 nitrogen and oxygen atoms in total. The number of aromatic nitrogens is 2. The first-order valence-electron chi connectivity index (χ1n) is 7.32. The molecule has 3 rings (SSSR count). The number of H-pyrrole nitrogens is 2. The Morgan fingerprint density at radius 1 is 1.12 bits per heavy atom. The van der Waals surface area contributed by atoms with E-state index < -0.39 is 21.5 Å². The number of nitrogens with zero attached hydrogens (tertiary/aromatic N) is 1. The number of methoxy groups -OCH3 is 1. The summed E-state index contributed by atoms with van der Waals surface area (Å²) in [6.45, 7) is -0.00899. The number of hydrogen-bond donors (Lipinski definition) is 2. The van der Waals surface area contributed by atoms with Crippen LogP contribution in [0, 0.1) is 5.82 Å². The number of hydrogen-bond acceptors (Lipinski definition) is 4. The van der Waals surface area contributed by atoms with E-state index in [0.29, 0.717) is 16.6 Å². The van der Waals surface area contributed by atoms with Crippen LogP contribution in [-0.4, -0.2) is 36.8 Å². The predicted octanol–water partition coefficient (Wildman–Crippen LogP) is 1.82. The molecular weight excluding hydrogens is 349 g/mol. The third-order valence-electron chi connectivity index (χ3n) is 3.82. The summed E-state index contributed by atoms with van der Waals surface area (Å²) in [5.74, 6) is -0.465. The number of imidazole rings is 1. The van der Waals surface area contributed by atoms with E-state index in [2.05, 4.69) is 9.97 Å². The van der Waals surface area contributed by atoms with E-state index in [1.54, 1.807) is 6.07 Å². The molecule has 0 saturated heterocycles. The molecule has 2 N–H and O–H groups in total. The molecule has 0 fully saturated rings. The standard InChI is InChI=1S/C16H16FN3O4S/c1-20(9-10-3-6-15(24-2)12(17)7-10)25(22,23)11-4-5-13-14(8-11)19-16(21)18-13/h3-8H,9H2,1-2H3,(H2,18,19,21). The lowest BCUT2D eigenvalue weighted by atomic mass is 10.2. The Morgan fingerprint density at radius 3 is 2.52 bits per heavy atom. The molecule has 0 spiro atoms. The van der Waals surface area contributed by atoms with Gasteiger partial charge in [0.2, 0.25) is 10.0 Å². The van der Waals surface area contributed by atoms with Crippen molar-refractivity contribution in [3.63, 3.8) is 0 Å². The van der Waals surface area contributed by atoms with Crippen LogP contribution in [0.4, 0.5) is 4.39 Å². The Labute approximate surface area is 143 Å². The molecule has 0 atom stereocenters. The Bertz CT molecular complexity index is 1090. The van der Waals surface area contributed by atoms with Crippen LogP contribution in [-0.2, 0) is 16.6 Å². The van der Waals surface area contributed by atoms with Gasteiger partial charge >= 0.3 is 5.69 Å². The van der Waals surface area contributed by atoms with E-state index in [9.17, 15) is 17.6 Å². The fourth-order valence-electron chi connectivity index (χ4n) is 2.50. The van der Waals surface area contributed by atoms with Crippen LogP contribution in [0.1, 0.15) is 5.56 Å². The maximum Gasteiger partial charge on any atom is 0.323 e. The average Bonchev–Trinajstić information content (AvgIpc) is 2.94. The molecule has 0 bridgehead atoms. The van der Waals surface area contributed by atoms with Crippen molar-refractivity contribution in [1.82, 2.24) is 14.3 Å². The zero-order valence-electron chi connectivity index (χ0n) is 13.5. The maximum atomic E-state index is 13.8. The summed E-state index contributed by atoms with van der Waals surface area (Å²) in [7, 11) is -1.04. The first kappa shape index (κ1) is 17.2. The number of nitrogens with one attached hydrogen (secondary N) is 2. The molecule has 1 heterocycles. The number of halogens is 1. The van der Waals surface area contributed by atoms with E-state index >= 15 is 0 Å². The fraction of sp³-hybridized carbons (Fsp3) is 0.188. The highest BCUT2D eigenvalue weighted by molar-refractivity contribution is 7.89. The summed E-state index contributed by atoms with van der Waals surface area (Å²) < 4.78 is 45.1. The Hall–Kier alpha value is -2.65. The van der Waals surface area contributed by atoms with Crippen molar-refractivity contribution in [3.8, 4) is 5.75 Å². The van der Waals surface area contributed by atoms with E-state index in [1.165, 1.54) is 44.5 Å². The molecule has 0 aliphatic heterocycles. The Balaban J connectivity index is 1.89. The second-order valence-electron chi connectivity index (χ2n) is 5.52. The van der Waals surface area contributed by atoms with E-state index in [4.69, 9.17) is 4.74 Å². The van der Waals surface area contributed by atoms with Gasteiger partial charge in [0.1, 0.15) is 0 Å². The predicted molar refractivity (Wildman–Crippen MR) is 90.5 cm³/mol. The number of rotatable bonds is 5. The van der Waals surface area contributed by atoms with E-state index in [1.807, 2.05) is 0 Å². The molecule has 0 radical (unpaired) electrons. The van der Waals surface area contributed by atoms with Gasteiger partial charge in [0.15, 0.2) is 11.6 Å². The van der Waals surface area contributed by atoms with Gasteiger partial charge in [0.05, 0.1) is 23.0 Å². The van der Waals surface area contributed by atoms with Crippen molar-refractivity contribution in [1.29, 1.82) is 0 Å². The van der Waals surface area contributed by atoms with Crippen LogP contribution in [0.2, 0.25) is 0 Å². The van der Waals surface area contributed by atoms with E-state index in [-0.39, 0.29) is 17.2 Å². The molecule has 3 aromatic rings. The fourth-order valence-corrected chi connectivity index (χ4v) is 3.69. The molecule has 0 unspecified atom stereocenters. The maximum absolute atomic E-state index is 13.8. The minimum absolute atomic E-state index is 0.00899. The van der Waals surface area contributed by atoms with Crippen LogP contribution >= 0.6 is 0 Å². The first-order valence-corrected chi connectivity index (χ1v) is 8.76. The molecular formula is C16H16FN3O4S. The molecule has 0 aliphatic rings. The van der Waals surface area contributed by atoms with Crippen LogP contribution in [0.5, 0.6) is 5.75 Å². The zero-order chi connectivity index (χ0) is 18.2. The summed E-state index contributed by atoms with van der Waals surface area (Å²) in [6.07, 6.45) is 0. The van der Waals surface area contributed by atoms with Gasteiger partial charge in [-0.2, -0.15) is 4.31 Å². The SMILES string of the molecule is COc1ccc(CN(C)S(=O)(=O)c2ccc3[nH]c(=O)[nH]c3c2)cc1F. The average molecular weight is 365 g/mol. The Kier molecular flexibility index (Phi) is 4.36. The zero-order valence-corrected chi connectivity index (χ0v) is 14.4. The lowest BCUT2D eigenvalue weighted by molar-refractivity contribution is 0.385. The number of sulfonamides is 1. The minimum Gasteiger partial charge on any atom is -0.494 e. The summed E-state index contributed by atoms with van der Waals surface area (Å²) in [5.41, 5.74) is 0.992. The van der Waals surface area contributed by atoms with Crippen LogP contribution in [0.3, 0.4) is 0 Å². The van der Waals surface area contributed by atoms with Crippen LogP contribution < -0.4 is 10.4 Å². The highest BCUT2D eigenvalue weighted by Crippen LogP contribution is 2.22. The normalized spacial score (nSPS) is 12.0. The van der Waals surface area contributed by atoms with Crippen molar-refractivity contribution < 1.29 is 17.5 Å². The second-order valence-corrected chi connectivity index (χ2v) is 7.56. The lowest BCUT2D eigenvalue weighted by Gasteiger charge is -2.17. The van der Waals surface area contributed by atoms with Crippen molar-refractivity contribution in [2.24, 2.45) is 0 Å². The number of fused-ring (bicyclic) bond motifs is 1. The topological polar surface area (TPSA) is 95.3 Å². The number of benzene rings is 2. The molecule has 9 heteroatoms. The van der Waals surface area contributed by atoms with Gasteiger partial charge in [-0.3, -0.25) is 0 Å². The monoisotopic (exact) mass is 365 g/mol. The highest BCUT2D eigenvalue weighted by atomic mass is 32.2. The van der Waals surface area contributed by atoms with Crippen LogP contribution in [0.15, 0.2) is 46.1 Å². The highest BCUT2D eigenvalue weighted by Gasteiger charge is 2.22. The van der Waals surface area contributed by atoms with Gasteiger partial charge in [-0.25, -0.2) is 17.6 Å². The first-order chi connectivity index (χ1) is 11.8. The summed E-state index contributed by atoms with van der Waals surface area (Å²) in [5, 5.41) is 0. The molecule has 0 saturated carbocycles. The van der Waals surface area contributed by atoms with Gasteiger partial charge in [-0.1, -0.05) is 6.07 Å². The molecule has 0 amide bonds. The molecule has 25 heavy (non-hydrogen) atoms. The summed E-state index contributed by atoms with van der Waals surface area (Å²) in [4.78, 5) is 16.4. The quantitative estimate of drug-likeness (QED) is 0.721. The molecule has 2 aromatic carbocycles. The van der Waals surface area contributed by atoms with Gasteiger partial charge in [-0.05, 0) is 35.9 Å². The van der Waals surface area contributed by atoms with Crippen molar-refractivity contribution in [3.05, 3.63) is 58.3 Å². The summed E-state index contributed by atoms with van der Waals surface area (Å²) in [6, 6.07) is 8.58. The van der Waals surface area contributed by atoms with Crippen LogP contribution in [0.25, 0.3) is 11.0 Å². The molecule has 1 aromatic heterocycles. The number of aromatic amines is 2. The number of ether oxygens (including phenoxy) is 1. The summed E-state index contributed by atoms with van der Waals surface area (Å²) >= 11 is 0. The second kappa shape index (κ2) is 6.34. The van der Waals surface area contributed by atoms with Gasteiger partial charge in [0, 0.05) is 13.6 Å². The van der Waals surface area contributed by atoms with Crippen molar-refractivity contribution in [2.75, 3.05) is 14.2 Å². The van der Waals surface area contributed by atoms with Gasteiger partial charge in [0.25, 0.3) is 0 Å². The smallest absolute Gasteiger partial charge is 0.323 e. The Morgan fingerprint density at radius 2 is 1.84 bits per heavy atom.